The lowest BCUT2D eigenvalue weighted by atomic mass is 9.98. The first kappa shape index (κ1) is 19.2. The molecule has 1 aliphatic rings. The van der Waals surface area contributed by atoms with Gasteiger partial charge in [0.25, 0.3) is 5.91 Å². The maximum Gasteiger partial charge on any atom is 0.416 e. The maximum absolute atomic E-state index is 12.5. The van der Waals surface area contributed by atoms with Gasteiger partial charge in [0.1, 0.15) is 0 Å². The first-order chi connectivity index (χ1) is 11.8. The second-order valence-corrected chi connectivity index (χ2v) is 6.06. The van der Waals surface area contributed by atoms with Gasteiger partial charge in [0.2, 0.25) is 0 Å². The van der Waals surface area contributed by atoms with Crippen LogP contribution in [0.4, 0.5) is 18.9 Å². The number of amides is 1. The van der Waals surface area contributed by atoms with Gasteiger partial charge in [0, 0.05) is 23.2 Å². The van der Waals surface area contributed by atoms with Gasteiger partial charge in [-0.1, -0.05) is 18.7 Å². The van der Waals surface area contributed by atoms with Crippen molar-refractivity contribution in [2.24, 2.45) is 11.7 Å². The number of carbonyl (C=O) groups is 1. The van der Waals surface area contributed by atoms with Gasteiger partial charge in [0.15, 0.2) is 0 Å². The van der Waals surface area contributed by atoms with Crippen LogP contribution in [-0.2, 0) is 15.7 Å². The Labute approximate surface area is 144 Å². The summed E-state index contributed by atoms with van der Waals surface area (Å²) in [5, 5.41) is 2.50. The topological polar surface area (TPSA) is 64.3 Å². The molecule has 1 unspecified atom stereocenters. The first-order valence-corrected chi connectivity index (χ1v) is 7.95. The summed E-state index contributed by atoms with van der Waals surface area (Å²) in [6.07, 6.45) is 0.584. The van der Waals surface area contributed by atoms with Crippen molar-refractivity contribution in [3.05, 3.63) is 54.1 Å². The lowest BCUT2D eigenvalue weighted by Crippen LogP contribution is -2.29. The van der Waals surface area contributed by atoms with E-state index in [0.717, 1.165) is 38.2 Å². The second kappa shape index (κ2) is 8.31. The molecular formula is C18H21F3N2O2. The highest BCUT2D eigenvalue weighted by molar-refractivity contribution is 6.05. The lowest BCUT2D eigenvalue weighted by molar-refractivity contribution is -0.137. The zero-order valence-corrected chi connectivity index (χ0v) is 13.7. The molecule has 3 N–H and O–H groups in total. The molecule has 4 nitrogen and oxygen atoms in total. The normalized spacial score (nSPS) is 16.5. The smallest absolute Gasteiger partial charge is 0.381 e. The van der Waals surface area contributed by atoms with Crippen LogP contribution in [0.25, 0.3) is 0 Å². The van der Waals surface area contributed by atoms with Crippen LogP contribution < -0.4 is 11.1 Å². The molecule has 1 atom stereocenters. The number of hydrogen-bond donors (Lipinski definition) is 2. The molecule has 1 amide bonds. The van der Waals surface area contributed by atoms with Crippen molar-refractivity contribution in [3.8, 4) is 0 Å². The summed E-state index contributed by atoms with van der Waals surface area (Å²) in [6, 6.07) is 4.04. The average molecular weight is 354 g/mol. The zero-order valence-electron chi connectivity index (χ0n) is 13.7. The monoisotopic (exact) mass is 354 g/mol. The summed E-state index contributed by atoms with van der Waals surface area (Å²) in [5.41, 5.74) is 5.63. The lowest BCUT2D eigenvalue weighted by Gasteiger charge is -2.26. The highest BCUT2D eigenvalue weighted by Crippen LogP contribution is 2.29. The summed E-state index contributed by atoms with van der Waals surface area (Å²) in [7, 11) is 0. The Morgan fingerprint density at radius 2 is 2.00 bits per heavy atom. The van der Waals surface area contributed by atoms with E-state index in [0.29, 0.717) is 5.92 Å². The van der Waals surface area contributed by atoms with E-state index >= 15 is 0 Å². The van der Waals surface area contributed by atoms with E-state index < -0.39 is 17.6 Å². The number of anilines is 1. The van der Waals surface area contributed by atoms with Crippen molar-refractivity contribution in [1.82, 2.24) is 0 Å². The molecule has 0 aliphatic carbocycles. The second-order valence-electron chi connectivity index (χ2n) is 6.06. The summed E-state index contributed by atoms with van der Waals surface area (Å²) < 4.78 is 42.6. The van der Waals surface area contributed by atoms with Gasteiger partial charge in [-0.05, 0) is 37.1 Å². The number of benzene rings is 1. The first-order valence-electron chi connectivity index (χ1n) is 7.95. The van der Waals surface area contributed by atoms with E-state index in [1.54, 1.807) is 6.08 Å². The molecule has 1 aromatic rings. The van der Waals surface area contributed by atoms with Crippen molar-refractivity contribution in [2.75, 3.05) is 18.5 Å². The standard InChI is InChI=1S/C18H21F3N2O2/c1-12(2-6-15(22)7-3-13-10-25-11-13)17(24)23-16-8-4-14(5-9-16)18(19,20)21/h2,4-6,8-9,13,15H,1,3,7,10-11,22H2,(H,23,24)/b6-2-. The van der Waals surface area contributed by atoms with E-state index in [1.165, 1.54) is 18.2 Å². The number of nitrogens with two attached hydrogens (primary N) is 1. The predicted octanol–water partition coefficient (Wildman–Crippen LogP) is 3.51. The Hall–Kier alpha value is -2.12. The van der Waals surface area contributed by atoms with Gasteiger partial charge < -0.3 is 15.8 Å². The molecule has 0 spiro atoms. The number of nitrogens with one attached hydrogen (secondary N) is 1. The molecule has 0 saturated carbocycles. The number of hydrogen-bond acceptors (Lipinski definition) is 3. The van der Waals surface area contributed by atoms with Crippen LogP contribution in [0, 0.1) is 5.92 Å². The molecule has 25 heavy (non-hydrogen) atoms. The van der Waals surface area contributed by atoms with Gasteiger partial charge >= 0.3 is 6.18 Å². The third-order valence-electron chi connectivity index (χ3n) is 3.92. The van der Waals surface area contributed by atoms with Gasteiger partial charge in [-0.2, -0.15) is 13.2 Å². The molecule has 7 heteroatoms. The summed E-state index contributed by atoms with van der Waals surface area (Å²) in [6.45, 7) is 5.20. The summed E-state index contributed by atoms with van der Waals surface area (Å²) >= 11 is 0. The Morgan fingerprint density at radius 3 is 2.52 bits per heavy atom. The zero-order chi connectivity index (χ0) is 18.4. The van der Waals surface area contributed by atoms with Crippen molar-refractivity contribution in [3.63, 3.8) is 0 Å². The molecule has 1 fully saturated rings. The minimum Gasteiger partial charge on any atom is -0.381 e. The Morgan fingerprint density at radius 1 is 1.36 bits per heavy atom. The van der Waals surface area contributed by atoms with E-state index in [9.17, 15) is 18.0 Å². The van der Waals surface area contributed by atoms with Crippen molar-refractivity contribution >= 4 is 11.6 Å². The highest BCUT2D eigenvalue weighted by atomic mass is 19.4. The third-order valence-corrected chi connectivity index (χ3v) is 3.92. The number of carbonyl (C=O) groups excluding carboxylic acids is 1. The summed E-state index contributed by atoms with van der Waals surface area (Å²) in [5.74, 6) is 0.0706. The SMILES string of the molecule is C=C(/C=C\C(N)CCC1COC1)C(=O)Nc1ccc(C(F)(F)F)cc1. The van der Waals surface area contributed by atoms with Crippen LogP contribution in [0.15, 0.2) is 48.6 Å². The van der Waals surface area contributed by atoms with Gasteiger partial charge in [-0.25, -0.2) is 0 Å². The van der Waals surface area contributed by atoms with E-state index in [2.05, 4.69) is 11.9 Å². The molecule has 0 radical (unpaired) electrons. The fraction of sp³-hybridized carbons (Fsp3) is 0.389. The highest BCUT2D eigenvalue weighted by Gasteiger charge is 2.30. The molecule has 0 aromatic heterocycles. The molecule has 1 aliphatic heterocycles. The minimum absolute atomic E-state index is 0.183. The molecule has 2 rings (SSSR count). The van der Waals surface area contributed by atoms with Crippen molar-refractivity contribution < 1.29 is 22.7 Å². The maximum atomic E-state index is 12.5. The number of halogens is 3. The van der Waals surface area contributed by atoms with E-state index in [-0.39, 0.29) is 17.3 Å². The van der Waals surface area contributed by atoms with Crippen LogP contribution in [-0.4, -0.2) is 25.2 Å². The van der Waals surface area contributed by atoms with Crippen LogP contribution in [0.5, 0.6) is 0 Å². The molecule has 136 valence electrons. The molecule has 1 saturated heterocycles. The quantitative estimate of drug-likeness (QED) is 0.582. The predicted molar refractivity (Wildman–Crippen MR) is 89.9 cm³/mol. The molecule has 1 heterocycles. The largest absolute Gasteiger partial charge is 0.416 e. The Kier molecular flexibility index (Phi) is 6.39. The van der Waals surface area contributed by atoms with Gasteiger partial charge in [-0.15, -0.1) is 0 Å². The molecule has 1 aromatic carbocycles. The summed E-state index contributed by atoms with van der Waals surface area (Å²) in [4.78, 5) is 12.0. The van der Waals surface area contributed by atoms with E-state index in [1.807, 2.05) is 0 Å². The fourth-order valence-corrected chi connectivity index (χ4v) is 2.24. The Bertz CT molecular complexity index is 635. The average Bonchev–Trinajstić information content (AvgIpc) is 2.50. The third kappa shape index (κ3) is 6.03. The minimum atomic E-state index is -4.41. The number of ether oxygens (including phenoxy) is 1. The van der Waals surface area contributed by atoms with Crippen LogP contribution >= 0.6 is 0 Å². The van der Waals surface area contributed by atoms with Gasteiger partial charge in [-0.3, -0.25) is 4.79 Å². The van der Waals surface area contributed by atoms with Crippen LogP contribution in [0.2, 0.25) is 0 Å². The van der Waals surface area contributed by atoms with Gasteiger partial charge in [0.05, 0.1) is 18.8 Å². The van der Waals surface area contributed by atoms with Crippen molar-refractivity contribution in [2.45, 2.75) is 25.1 Å². The van der Waals surface area contributed by atoms with Crippen molar-refractivity contribution in [1.29, 1.82) is 0 Å². The number of alkyl halides is 3. The number of rotatable bonds is 7. The Balaban J connectivity index is 1.80. The van der Waals surface area contributed by atoms with E-state index in [4.69, 9.17) is 10.5 Å². The fourth-order valence-electron chi connectivity index (χ4n) is 2.24. The molecule has 0 bridgehead atoms. The molecular weight excluding hydrogens is 333 g/mol. The van der Waals surface area contributed by atoms with Crippen LogP contribution in [0.3, 0.4) is 0 Å². The van der Waals surface area contributed by atoms with Crippen LogP contribution in [0.1, 0.15) is 18.4 Å².